The van der Waals surface area contributed by atoms with Crippen LogP contribution in [0.15, 0.2) is 0 Å². The summed E-state index contributed by atoms with van der Waals surface area (Å²) in [5.74, 6) is -3.45. The first-order valence-corrected chi connectivity index (χ1v) is 11.1. The average Bonchev–Trinajstić information content (AvgIpc) is 2.99. The molecule has 1 aliphatic carbocycles. The molecule has 3 atom stereocenters. The van der Waals surface area contributed by atoms with Gasteiger partial charge < -0.3 is 10.2 Å². The topological polar surface area (TPSA) is 74.6 Å². The van der Waals surface area contributed by atoms with Gasteiger partial charge in [-0.25, -0.2) is 8.78 Å². The van der Waals surface area contributed by atoms with E-state index in [2.05, 4.69) is 0 Å². The van der Waals surface area contributed by atoms with Gasteiger partial charge in [0.1, 0.15) is 11.9 Å². The Morgan fingerprint density at radius 2 is 1.75 bits per heavy atom. The Balaban J connectivity index is 2.26. The molecule has 0 amide bonds. The lowest BCUT2D eigenvalue weighted by molar-refractivity contribution is -0.137. The smallest absolute Gasteiger partial charge is 0.303 e. The summed E-state index contributed by atoms with van der Waals surface area (Å²) in [5.41, 5.74) is 0. The molecule has 0 aromatic carbocycles. The highest BCUT2D eigenvalue weighted by molar-refractivity contribution is 5.83. The molecular formula is C22H38F2O4. The molecule has 0 unspecified atom stereocenters. The van der Waals surface area contributed by atoms with Gasteiger partial charge in [0.05, 0.1) is 0 Å². The van der Waals surface area contributed by atoms with Crippen LogP contribution in [0.25, 0.3) is 0 Å². The van der Waals surface area contributed by atoms with E-state index >= 15 is 0 Å². The van der Waals surface area contributed by atoms with Gasteiger partial charge in [0, 0.05) is 25.2 Å². The number of ketones is 1. The Kier molecular flexibility index (Phi) is 11.8. The Morgan fingerprint density at radius 3 is 2.39 bits per heavy atom. The van der Waals surface area contributed by atoms with Gasteiger partial charge in [0.25, 0.3) is 5.92 Å². The molecule has 0 heterocycles. The van der Waals surface area contributed by atoms with Gasteiger partial charge >= 0.3 is 5.97 Å². The Bertz CT molecular complexity index is 467. The van der Waals surface area contributed by atoms with Crippen LogP contribution in [0.5, 0.6) is 0 Å². The van der Waals surface area contributed by atoms with E-state index in [1.807, 2.05) is 6.92 Å². The second-order valence-corrected chi connectivity index (χ2v) is 8.38. The molecule has 0 aliphatic heterocycles. The highest BCUT2D eigenvalue weighted by atomic mass is 19.3. The monoisotopic (exact) mass is 404 g/mol. The van der Waals surface area contributed by atoms with Gasteiger partial charge in [-0.1, -0.05) is 45.4 Å². The minimum absolute atomic E-state index is 0.0384. The first-order chi connectivity index (χ1) is 13.3. The predicted molar refractivity (Wildman–Crippen MR) is 106 cm³/mol. The van der Waals surface area contributed by atoms with E-state index in [0.717, 1.165) is 44.9 Å². The maximum Gasteiger partial charge on any atom is 0.303 e. The van der Waals surface area contributed by atoms with Crippen LogP contribution in [0.2, 0.25) is 0 Å². The molecule has 0 saturated heterocycles. The summed E-state index contributed by atoms with van der Waals surface area (Å²) in [6.45, 7) is 1.85. The number of hydrogen-bond acceptors (Lipinski definition) is 3. The molecular weight excluding hydrogens is 366 g/mol. The van der Waals surface area contributed by atoms with Crippen molar-refractivity contribution in [1.29, 1.82) is 0 Å². The third kappa shape index (κ3) is 9.44. The summed E-state index contributed by atoms with van der Waals surface area (Å²) in [5, 5.41) is 18.5. The summed E-state index contributed by atoms with van der Waals surface area (Å²) >= 11 is 0. The van der Waals surface area contributed by atoms with Crippen molar-refractivity contribution in [2.75, 3.05) is 0 Å². The summed E-state index contributed by atoms with van der Waals surface area (Å²) in [6.07, 6.45) is 7.72. The number of unbranched alkanes of at least 4 members (excludes halogenated alkanes) is 6. The molecule has 0 aromatic rings. The lowest BCUT2D eigenvalue weighted by Gasteiger charge is -2.25. The number of aliphatic hydroxyl groups excluding tert-OH is 1. The molecule has 2 N–H and O–H groups in total. The van der Waals surface area contributed by atoms with E-state index in [1.54, 1.807) is 0 Å². The largest absolute Gasteiger partial charge is 0.481 e. The highest BCUT2D eigenvalue weighted by Crippen LogP contribution is 2.38. The summed E-state index contributed by atoms with van der Waals surface area (Å²) in [7, 11) is 0. The quantitative estimate of drug-likeness (QED) is 0.321. The first kappa shape index (κ1) is 25.0. The van der Waals surface area contributed by atoms with Crippen LogP contribution in [-0.4, -0.2) is 34.0 Å². The van der Waals surface area contributed by atoms with E-state index in [9.17, 15) is 23.5 Å². The number of aliphatic hydroxyl groups is 1. The molecule has 0 spiro atoms. The van der Waals surface area contributed by atoms with E-state index in [4.69, 9.17) is 5.11 Å². The van der Waals surface area contributed by atoms with Gasteiger partial charge in [0.2, 0.25) is 0 Å². The number of carboxylic acids is 1. The number of carbonyl (C=O) groups is 2. The number of halogens is 2. The summed E-state index contributed by atoms with van der Waals surface area (Å²) < 4.78 is 27.8. The maximum atomic E-state index is 13.9. The van der Waals surface area contributed by atoms with Gasteiger partial charge in [-0.2, -0.15) is 0 Å². The second kappa shape index (κ2) is 13.2. The fourth-order valence-corrected chi connectivity index (χ4v) is 4.23. The highest BCUT2D eigenvalue weighted by Gasteiger charge is 2.39. The molecule has 1 saturated carbocycles. The van der Waals surface area contributed by atoms with Crippen LogP contribution < -0.4 is 0 Å². The fraction of sp³-hybridized carbons (Fsp3) is 0.909. The van der Waals surface area contributed by atoms with Gasteiger partial charge in [-0.05, 0) is 44.4 Å². The van der Waals surface area contributed by atoms with Crippen molar-refractivity contribution in [1.82, 2.24) is 0 Å². The third-order valence-electron chi connectivity index (χ3n) is 6.06. The van der Waals surface area contributed by atoms with Crippen LogP contribution in [0.4, 0.5) is 8.78 Å². The van der Waals surface area contributed by atoms with Crippen molar-refractivity contribution in [3.63, 3.8) is 0 Å². The van der Waals surface area contributed by atoms with E-state index in [-0.39, 0.29) is 36.9 Å². The van der Waals surface area contributed by atoms with E-state index < -0.39 is 18.0 Å². The SMILES string of the molecule is CCCCC(F)(F)[C@H](O)CC[C@H]1CCC(=O)[C@@H]1CCCCCCCCC(=O)O. The van der Waals surface area contributed by atoms with E-state index in [0.29, 0.717) is 32.1 Å². The van der Waals surface area contributed by atoms with Crippen molar-refractivity contribution in [3.05, 3.63) is 0 Å². The molecule has 0 bridgehead atoms. The van der Waals surface area contributed by atoms with Crippen molar-refractivity contribution < 1.29 is 28.6 Å². The maximum absolute atomic E-state index is 13.9. The standard InChI is InChI=1S/C22H38F2O4/c1-2-3-16-22(23,24)20(26)15-13-17-12-14-19(25)18(17)10-8-6-4-5-7-9-11-21(27)28/h17-18,20,26H,2-16H2,1H3,(H,27,28)/t17-,18-,20-/m1/s1. The number of carboxylic acid groups (broad SMARTS) is 1. The normalized spacial score (nSPS) is 21.2. The van der Waals surface area contributed by atoms with Crippen LogP contribution in [0.3, 0.4) is 0 Å². The number of rotatable bonds is 16. The Morgan fingerprint density at radius 1 is 1.11 bits per heavy atom. The number of Topliss-reactive ketones (excluding diaryl/α,β-unsaturated/α-hetero) is 1. The zero-order valence-corrected chi connectivity index (χ0v) is 17.3. The zero-order chi connectivity index (χ0) is 21.0. The van der Waals surface area contributed by atoms with Crippen LogP contribution in [0, 0.1) is 11.8 Å². The lowest BCUT2D eigenvalue weighted by Crippen LogP contribution is -2.34. The molecule has 28 heavy (non-hydrogen) atoms. The molecule has 0 radical (unpaired) electrons. The minimum Gasteiger partial charge on any atom is -0.481 e. The molecule has 6 heteroatoms. The van der Waals surface area contributed by atoms with Crippen LogP contribution in [-0.2, 0) is 9.59 Å². The van der Waals surface area contributed by atoms with Gasteiger partial charge in [0.15, 0.2) is 0 Å². The Hall–Kier alpha value is -1.04. The molecule has 164 valence electrons. The average molecular weight is 405 g/mol. The number of aliphatic carboxylic acids is 1. The van der Waals surface area contributed by atoms with Crippen molar-refractivity contribution >= 4 is 11.8 Å². The van der Waals surface area contributed by atoms with E-state index in [1.165, 1.54) is 0 Å². The zero-order valence-electron chi connectivity index (χ0n) is 17.3. The van der Waals surface area contributed by atoms with Crippen molar-refractivity contribution in [2.45, 2.75) is 115 Å². The van der Waals surface area contributed by atoms with Crippen LogP contribution in [0.1, 0.15) is 103 Å². The lowest BCUT2D eigenvalue weighted by atomic mass is 9.85. The van der Waals surface area contributed by atoms with Gasteiger partial charge in [-0.15, -0.1) is 0 Å². The summed E-state index contributed by atoms with van der Waals surface area (Å²) in [4.78, 5) is 22.6. The molecule has 0 aromatic heterocycles. The fourth-order valence-electron chi connectivity index (χ4n) is 4.23. The summed E-state index contributed by atoms with van der Waals surface area (Å²) in [6, 6.07) is 0. The number of alkyl halides is 2. The molecule has 4 nitrogen and oxygen atoms in total. The predicted octanol–water partition coefficient (Wildman–Crippen LogP) is 5.75. The molecule has 1 aliphatic rings. The molecule has 1 rings (SSSR count). The molecule has 1 fully saturated rings. The Labute approximate surface area is 168 Å². The minimum atomic E-state index is -3.03. The van der Waals surface area contributed by atoms with Crippen molar-refractivity contribution in [2.24, 2.45) is 11.8 Å². The van der Waals surface area contributed by atoms with Crippen molar-refractivity contribution in [3.8, 4) is 0 Å². The first-order valence-electron chi connectivity index (χ1n) is 11.1. The number of hydrogen-bond donors (Lipinski definition) is 2. The number of carbonyl (C=O) groups excluding carboxylic acids is 1. The van der Waals surface area contributed by atoms with Crippen LogP contribution >= 0.6 is 0 Å². The van der Waals surface area contributed by atoms with Gasteiger partial charge in [-0.3, -0.25) is 9.59 Å². The third-order valence-corrected chi connectivity index (χ3v) is 6.06. The second-order valence-electron chi connectivity index (χ2n) is 8.38.